The second-order valence-electron chi connectivity index (χ2n) is 15.7. The topological polar surface area (TPSA) is 292 Å². The van der Waals surface area contributed by atoms with Crippen LogP contribution in [0.15, 0.2) is 36.5 Å². The number of aliphatic carboxylic acids is 1. The van der Waals surface area contributed by atoms with Crippen molar-refractivity contribution in [3.05, 3.63) is 57.9 Å². The lowest BCUT2D eigenvalue weighted by Gasteiger charge is -2.38. The number of imide groups is 1. The molecule has 6 unspecified atom stereocenters. The Balaban J connectivity index is 1.25. The molecule has 4 rings (SSSR count). The van der Waals surface area contributed by atoms with Gasteiger partial charge in [0, 0.05) is 67.7 Å². The van der Waals surface area contributed by atoms with E-state index in [-0.39, 0.29) is 41.6 Å². The molecular weight excluding hydrogens is 768 g/mol. The smallest absolute Gasteiger partial charge is 0.335 e. The number of carbonyl (C=O) groups excluding carboxylic acids is 4. The van der Waals surface area contributed by atoms with Gasteiger partial charge in [0.25, 0.3) is 18.3 Å². The van der Waals surface area contributed by atoms with Crippen LogP contribution in [0.2, 0.25) is 0 Å². The number of benzene rings is 1. The van der Waals surface area contributed by atoms with E-state index in [1.54, 1.807) is 10.9 Å². The Labute approximate surface area is 333 Å². The molecule has 1 saturated heterocycles. The first-order chi connectivity index (χ1) is 27.3. The molecule has 0 aliphatic carbocycles. The van der Waals surface area contributed by atoms with Crippen molar-refractivity contribution in [3.8, 4) is 5.75 Å². The molecule has 58 heavy (non-hydrogen) atoms. The van der Waals surface area contributed by atoms with Gasteiger partial charge in [0.2, 0.25) is 12.2 Å². The fourth-order valence-electron chi connectivity index (χ4n) is 6.21. The Hall–Kier alpha value is -5.35. The first kappa shape index (κ1) is 45.4. The van der Waals surface area contributed by atoms with E-state index < -0.39 is 64.6 Å². The third-order valence-corrected chi connectivity index (χ3v) is 9.33. The van der Waals surface area contributed by atoms with Crippen LogP contribution < -0.4 is 10.1 Å². The summed E-state index contributed by atoms with van der Waals surface area (Å²) in [4.78, 5) is 70.9. The molecule has 1 aromatic carbocycles. The number of carboxylic acid groups (broad SMARTS) is 1. The summed E-state index contributed by atoms with van der Waals surface area (Å²) in [6, 6.07) is 3.52. The summed E-state index contributed by atoms with van der Waals surface area (Å²) < 4.78 is 23.4. The Morgan fingerprint density at radius 3 is 2.38 bits per heavy atom. The predicted octanol–water partition coefficient (Wildman–Crippen LogP) is 0.585. The molecule has 0 bridgehead atoms. The molecular formula is C37H50N6O15. The minimum atomic E-state index is -1.99. The number of ether oxygens (including phenoxy) is 4. The highest BCUT2D eigenvalue weighted by molar-refractivity contribution is 6.12. The van der Waals surface area contributed by atoms with E-state index in [0.29, 0.717) is 64.2 Å². The maximum Gasteiger partial charge on any atom is 0.335 e. The molecule has 0 radical (unpaired) electrons. The van der Waals surface area contributed by atoms with Crippen LogP contribution in [0.4, 0.5) is 5.69 Å². The van der Waals surface area contributed by atoms with Crippen molar-refractivity contribution >= 4 is 35.9 Å². The number of nitrogens with zero attached hydrogens (tertiary/aromatic N) is 5. The first-order valence-electron chi connectivity index (χ1n) is 18.5. The fourth-order valence-corrected chi connectivity index (χ4v) is 6.21. The molecule has 2 aliphatic rings. The van der Waals surface area contributed by atoms with Crippen molar-refractivity contribution in [1.82, 2.24) is 25.2 Å². The van der Waals surface area contributed by atoms with Gasteiger partial charge in [-0.15, -0.1) is 5.10 Å². The van der Waals surface area contributed by atoms with Crippen molar-refractivity contribution in [2.45, 2.75) is 103 Å². The van der Waals surface area contributed by atoms with Crippen molar-refractivity contribution in [1.29, 1.82) is 0 Å². The minimum Gasteiger partial charge on any atom is -0.479 e. The van der Waals surface area contributed by atoms with E-state index in [1.165, 1.54) is 23.1 Å². The molecule has 0 spiro atoms. The van der Waals surface area contributed by atoms with Gasteiger partial charge in [-0.25, -0.2) is 4.79 Å². The van der Waals surface area contributed by atoms with E-state index in [4.69, 9.17) is 18.9 Å². The minimum absolute atomic E-state index is 0.0277. The van der Waals surface area contributed by atoms with Crippen molar-refractivity contribution in [2.24, 2.45) is 10.8 Å². The summed E-state index contributed by atoms with van der Waals surface area (Å²) >= 11 is 0. The van der Waals surface area contributed by atoms with Crippen molar-refractivity contribution in [2.75, 3.05) is 26.3 Å². The zero-order valence-corrected chi connectivity index (χ0v) is 32.6. The quantitative estimate of drug-likeness (QED) is 0.0337. The maximum atomic E-state index is 12.4. The van der Waals surface area contributed by atoms with E-state index in [9.17, 15) is 54.5 Å². The number of aromatic nitrogens is 3. The van der Waals surface area contributed by atoms with Crippen LogP contribution >= 0.6 is 0 Å². The van der Waals surface area contributed by atoms with Crippen LogP contribution in [-0.4, -0.2) is 132 Å². The highest BCUT2D eigenvalue weighted by atomic mass is 16.7. The standard InChI is InChI=1S/C37H50N6O15/c1-36(2,17-38-27(45)8-6-5-7-13-42-28(46)11-12-29(42)47)19-55-20-37(3,4)18-41-16-23(39-40-41)15-26(56-21-44)22-9-10-25(24(14-22)43(53)54)57-35-32(50)30(48)31(49)33(58-35)34(51)52/h9-12,14,16,21,26,30-33,35,48-50H,5-8,13,15,17-20H2,1-4H3,(H,38,45)(H,51,52). The fraction of sp³-hybridized carbons (Fsp3) is 0.595. The van der Waals surface area contributed by atoms with Gasteiger partial charge in [0.05, 0.1) is 23.8 Å². The number of hydrogen-bond donors (Lipinski definition) is 5. The van der Waals surface area contributed by atoms with Crippen LogP contribution in [0, 0.1) is 20.9 Å². The van der Waals surface area contributed by atoms with Gasteiger partial charge in [0.15, 0.2) is 11.9 Å². The number of aliphatic hydroxyl groups is 3. The van der Waals surface area contributed by atoms with Gasteiger partial charge in [0.1, 0.15) is 24.4 Å². The number of nitro benzene ring substituents is 1. The molecule has 1 aromatic heterocycles. The Bertz CT molecular complexity index is 1810. The summed E-state index contributed by atoms with van der Waals surface area (Å²) in [7, 11) is 0. The number of carboxylic acids is 1. The van der Waals surface area contributed by atoms with Crippen LogP contribution in [0.3, 0.4) is 0 Å². The highest BCUT2D eigenvalue weighted by Crippen LogP contribution is 2.35. The van der Waals surface area contributed by atoms with Gasteiger partial charge >= 0.3 is 11.7 Å². The molecule has 21 heteroatoms. The molecule has 5 N–H and O–H groups in total. The Kier molecular flexibility index (Phi) is 15.5. The molecule has 1 fully saturated rings. The van der Waals surface area contributed by atoms with Gasteiger partial charge in [-0.05, 0) is 24.5 Å². The number of unbranched alkanes of at least 4 members (excludes halogenated alkanes) is 2. The molecule has 3 heterocycles. The summed E-state index contributed by atoms with van der Waals surface area (Å²) in [6.45, 7) is 9.86. The zero-order valence-electron chi connectivity index (χ0n) is 32.6. The number of nitro groups is 1. The van der Waals surface area contributed by atoms with Crippen molar-refractivity contribution in [3.63, 3.8) is 0 Å². The summed E-state index contributed by atoms with van der Waals surface area (Å²) in [5.41, 5.74) is -0.894. The zero-order chi connectivity index (χ0) is 42.8. The van der Waals surface area contributed by atoms with Gasteiger partial charge in [-0.1, -0.05) is 45.4 Å². The third-order valence-electron chi connectivity index (χ3n) is 9.33. The van der Waals surface area contributed by atoms with Crippen LogP contribution in [-0.2, 0) is 51.1 Å². The van der Waals surface area contributed by atoms with Crippen LogP contribution in [0.25, 0.3) is 0 Å². The summed E-state index contributed by atoms with van der Waals surface area (Å²) in [5, 5.41) is 62.9. The molecule has 2 aliphatic heterocycles. The van der Waals surface area contributed by atoms with Gasteiger partial charge in [-0.3, -0.25) is 38.9 Å². The van der Waals surface area contributed by atoms with E-state index in [0.717, 1.165) is 12.1 Å². The lowest BCUT2D eigenvalue weighted by atomic mass is 9.93. The number of nitrogens with one attached hydrogen (secondary N) is 1. The highest BCUT2D eigenvalue weighted by Gasteiger charge is 2.48. The lowest BCUT2D eigenvalue weighted by molar-refractivity contribution is -0.387. The average Bonchev–Trinajstić information content (AvgIpc) is 3.73. The molecule has 2 aromatic rings. The third kappa shape index (κ3) is 12.6. The van der Waals surface area contributed by atoms with Gasteiger partial charge < -0.3 is 44.7 Å². The second-order valence-corrected chi connectivity index (χ2v) is 15.7. The number of aliphatic hydroxyl groups excluding tert-OH is 3. The maximum absolute atomic E-state index is 12.4. The normalized spacial score (nSPS) is 21.5. The van der Waals surface area contributed by atoms with Crippen LogP contribution in [0.5, 0.6) is 5.75 Å². The first-order valence-corrected chi connectivity index (χ1v) is 18.5. The van der Waals surface area contributed by atoms with E-state index >= 15 is 0 Å². The van der Waals surface area contributed by atoms with E-state index in [2.05, 4.69) is 15.6 Å². The second kappa shape index (κ2) is 19.9. The number of amides is 3. The molecule has 21 nitrogen and oxygen atoms in total. The SMILES string of the molecule is CC(C)(CNC(=O)CCCCCN1C(=O)C=CC1=O)COCC(C)(C)Cn1cc(CC(OC=O)c2ccc(OC3OC(C(=O)O)C(O)C(O)C3O)c([N+](=O)[O-])c2)nn1. The number of carbonyl (C=O) groups is 5. The molecule has 318 valence electrons. The predicted molar refractivity (Wildman–Crippen MR) is 197 cm³/mol. The number of hydrogen-bond acceptors (Lipinski definition) is 16. The number of rotatable bonds is 23. The molecule has 0 saturated carbocycles. The Morgan fingerprint density at radius 2 is 1.72 bits per heavy atom. The largest absolute Gasteiger partial charge is 0.479 e. The Morgan fingerprint density at radius 1 is 1.03 bits per heavy atom. The van der Waals surface area contributed by atoms with Crippen LogP contribution in [0.1, 0.15) is 70.7 Å². The lowest BCUT2D eigenvalue weighted by Crippen LogP contribution is -2.61. The van der Waals surface area contributed by atoms with Gasteiger partial charge in [-0.2, -0.15) is 0 Å². The molecule has 6 atom stereocenters. The molecule has 3 amide bonds. The van der Waals surface area contributed by atoms with E-state index in [1.807, 2.05) is 27.7 Å². The average molecular weight is 819 g/mol. The van der Waals surface area contributed by atoms with Crippen molar-refractivity contribution < 1.29 is 68.3 Å². The monoisotopic (exact) mass is 818 g/mol. The summed E-state index contributed by atoms with van der Waals surface area (Å²) in [6.07, 6.45) is -4.48. The summed E-state index contributed by atoms with van der Waals surface area (Å²) in [5.74, 6) is -2.84.